The molecular weight excluding hydrogens is 305 g/mol. The van der Waals surface area contributed by atoms with E-state index in [-0.39, 0.29) is 18.6 Å². The van der Waals surface area contributed by atoms with E-state index in [2.05, 4.69) is 22.6 Å². The molecule has 1 aromatic rings. The van der Waals surface area contributed by atoms with Gasteiger partial charge in [-0.2, -0.15) is 0 Å². The minimum Gasteiger partial charge on any atom is -0.394 e. The number of aliphatic hydroxyl groups is 1. The first-order chi connectivity index (χ1) is 7.07. The van der Waals surface area contributed by atoms with E-state index in [1.54, 1.807) is 18.0 Å². The van der Waals surface area contributed by atoms with Gasteiger partial charge in [-0.25, -0.2) is 0 Å². The van der Waals surface area contributed by atoms with Gasteiger partial charge in [0.05, 0.1) is 18.2 Å². The molecule has 1 unspecified atom stereocenters. The van der Waals surface area contributed by atoms with Gasteiger partial charge < -0.3 is 10.0 Å². The molecule has 1 amide bonds. The standard InChI is InChI=1S/C11H14INO2/c1-8(7-14)13(2)11(15)9-5-3-4-6-10(9)12/h3-6,8,14H,7H2,1-2H3. The molecule has 0 fully saturated rings. The SMILES string of the molecule is CC(CO)N(C)C(=O)c1ccccc1I. The molecule has 1 rings (SSSR count). The summed E-state index contributed by atoms with van der Waals surface area (Å²) in [6.07, 6.45) is 0. The van der Waals surface area contributed by atoms with Crippen LogP contribution in [0.5, 0.6) is 0 Å². The summed E-state index contributed by atoms with van der Waals surface area (Å²) in [5.41, 5.74) is 0.681. The van der Waals surface area contributed by atoms with Gasteiger partial charge in [-0.3, -0.25) is 4.79 Å². The van der Waals surface area contributed by atoms with Crippen molar-refractivity contribution < 1.29 is 9.90 Å². The number of hydrogen-bond acceptors (Lipinski definition) is 2. The van der Waals surface area contributed by atoms with Gasteiger partial charge in [-0.1, -0.05) is 12.1 Å². The summed E-state index contributed by atoms with van der Waals surface area (Å²) >= 11 is 2.13. The van der Waals surface area contributed by atoms with Crippen molar-refractivity contribution >= 4 is 28.5 Å². The number of carbonyl (C=O) groups excluding carboxylic acids is 1. The van der Waals surface area contributed by atoms with Crippen LogP contribution in [0, 0.1) is 3.57 Å². The zero-order valence-electron chi connectivity index (χ0n) is 8.77. The lowest BCUT2D eigenvalue weighted by molar-refractivity contribution is 0.0681. The molecule has 0 heterocycles. The van der Waals surface area contributed by atoms with Gasteiger partial charge in [-0.15, -0.1) is 0 Å². The first kappa shape index (κ1) is 12.4. The van der Waals surface area contributed by atoms with E-state index in [4.69, 9.17) is 5.11 Å². The van der Waals surface area contributed by atoms with E-state index in [9.17, 15) is 4.79 Å². The predicted octanol–water partition coefficient (Wildman–Crippen LogP) is 1.74. The van der Waals surface area contributed by atoms with Crippen molar-refractivity contribution in [2.24, 2.45) is 0 Å². The van der Waals surface area contributed by atoms with Gasteiger partial charge >= 0.3 is 0 Å². The summed E-state index contributed by atoms with van der Waals surface area (Å²) in [6, 6.07) is 7.27. The monoisotopic (exact) mass is 319 g/mol. The number of amides is 1. The second kappa shape index (κ2) is 5.46. The molecule has 0 aliphatic carbocycles. The maximum atomic E-state index is 12.0. The highest BCUT2D eigenvalue weighted by Crippen LogP contribution is 2.14. The fourth-order valence-electron chi connectivity index (χ4n) is 1.15. The molecule has 82 valence electrons. The summed E-state index contributed by atoms with van der Waals surface area (Å²) in [4.78, 5) is 13.5. The largest absolute Gasteiger partial charge is 0.394 e. The molecule has 1 N–H and O–H groups in total. The maximum absolute atomic E-state index is 12.0. The highest BCUT2D eigenvalue weighted by molar-refractivity contribution is 14.1. The summed E-state index contributed by atoms with van der Waals surface area (Å²) in [7, 11) is 1.70. The molecular formula is C11H14INO2. The summed E-state index contributed by atoms with van der Waals surface area (Å²) in [5.74, 6) is -0.0541. The van der Waals surface area contributed by atoms with Gasteiger partial charge in [0.15, 0.2) is 0 Å². The molecule has 0 saturated heterocycles. The number of rotatable bonds is 3. The summed E-state index contributed by atoms with van der Waals surface area (Å²) in [6.45, 7) is 1.79. The van der Waals surface area contributed by atoms with Crippen LogP contribution in [-0.2, 0) is 0 Å². The number of hydrogen-bond donors (Lipinski definition) is 1. The number of nitrogens with zero attached hydrogens (tertiary/aromatic N) is 1. The van der Waals surface area contributed by atoms with Crippen LogP contribution >= 0.6 is 22.6 Å². The Labute approximate surface area is 103 Å². The Bertz CT molecular complexity index is 354. The Morgan fingerprint density at radius 2 is 2.13 bits per heavy atom. The Balaban J connectivity index is 2.90. The third-order valence-corrected chi connectivity index (χ3v) is 3.29. The van der Waals surface area contributed by atoms with Crippen LogP contribution in [0.2, 0.25) is 0 Å². The van der Waals surface area contributed by atoms with Crippen molar-refractivity contribution in [1.82, 2.24) is 4.90 Å². The van der Waals surface area contributed by atoms with Gasteiger partial charge in [0.2, 0.25) is 0 Å². The van der Waals surface area contributed by atoms with E-state index in [1.807, 2.05) is 25.1 Å². The van der Waals surface area contributed by atoms with Crippen LogP contribution < -0.4 is 0 Å². The van der Waals surface area contributed by atoms with Crippen molar-refractivity contribution in [3.8, 4) is 0 Å². The number of benzene rings is 1. The fourth-order valence-corrected chi connectivity index (χ4v) is 1.77. The van der Waals surface area contributed by atoms with Crippen molar-refractivity contribution in [2.45, 2.75) is 13.0 Å². The van der Waals surface area contributed by atoms with Crippen LogP contribution in [0.15, 0.2) is 24.3 Å². The topological polar surface area (TPSA) is 40.5 Å². The number of likely N-dealkylation sites (N-methyl/N-ethyl adjacent to an activating group) is 1. The first-order valence-electron chi connectivity index (χ1n) is 4.70. The minimum atomic E-state index is -0.159. The molecule has 0 radical (unpaired) electrons. The lowest BCUT2D eigenvalue weighted by Gasteiger charge is -2.23. The van der Waals surface area contributed by atoms with Gasteiger partial charge in [0.1, 0.15) is 0 Å². The molecule has 0 aliphatic heterocycles. The number of aliphatic hydroxyl groups excluding tert-OH is 1. The average molecular weight is 319 g/mol. The first-order valence-corrected chi connectivity index (χ1v) is 5.78. The van der Waals surface area contributed by atoms with Crippen molar-refractivity contribution in [1.29, 1.82) is 0 Å². The van der Waals surface area contributed by atoms with Crippen molar-refractivity contribution in [3.63, 3.8) is 0 Å². The molecule has 1 atom stereocenters. The molecule has 1 aromatic carbocycles. The summed E-state index contributed by atoms with van der Waals surface area (Å²) < 4.78 is 0.928. The van der Waals surface area contributed by atoms with E-state index in [0.717, 1.165) is 3.57 Å². The van der Waals surface area contributed by atoms with Crippen LogP contribution in [0.3, 0.4) is 0 Å². The van der Waals surface area contributed by atoms with Gasteiger partial charge in [0, 0.05) is 10.6 Å². The average Bonchev–Trinajstić information content (AvgIpc) is 2.26. The van der Waals surface area contributed by atoms with E-state index in [1.165, 1.54) is 0 Å². The minimum absolute atomic E-state index is 0.0222. The molecule has 4 heteroatoms. The second-order valence-corrected chi connectivity index (χ2v) is 4.59. The number of halogens is 1. The fraction of sp³-hybridized carbons (Fsp3) is 0.364. The zero-order chi connectivity index (χ0) is 11.4. The Morgan fingerprint density at radius 3 is 2.67 bits per heavy atom. The Hall–Kier alpha value is -0.620. The smallest absolute Gasteiger partial charge is 0.254 e. The van der Waals surface area contributed by atoms with E-state index in [0.29, 0.717) is 5.56 Å². The molecule has 0 saturated carbocycles. The highest BCUT2D eigenvalue weighted by Gasteiger charge is 2.18. The predicted molar refractivity (Wildman–Crippen MR) is 67.8 cm³/mol. The molecule has 3 nitrogen and oxygen atoms in total. The Kier molecular flexibility index (Phi) is 4.53. The van der Waals surface area contributed by atoms with Crippen LogP contribution in [0.1, 0.15) is 17.3 Å². The lowest BCUT2D eigenvalue weighted by atomic mass is 10.2. The summed E-state index contributed by atoms with van der Waals surface area (Å²) in [5, 5.41) is 8.97. The molecule has 0 spiro atoms. The third-order valence-electron chi connectivity index (χ3n) is 2.35. The molecule has 0 aliphatic rings. The molecule has 15 heavy (non-hydrogen) atoms. The molecule has 0 aromatic heterocycles. The number of carbonyl (C=O) groups is 1. The maximum Gasteiger partial charge on any atom is 0.254 e. The third kappa shape index (κ3) is 2.92. The van der Waals surface area contributed by atoms with Gasteiger partial charge in [-0.05, 0) is 41.6 Å². The van der Waals surface area contributed by atoms with Crippen molar-refractivity contribution in [2.75, 3.05) is 13.7 Å². The lowest BCUT2D eigenvalue weighted by Crippen LogP contribution is -2.37. The van der Waals surface area contributed by atoms with E-state index < -0.39 is 0 Å². The quantitative estimate of drug-likeness (QED) is 0.862. The van der Waals surface area contributed by atoms with Crippen LogP contribution in [0.25, 0.3) is 0 Å². The molecule has 0 bridgehead atoms. The second-order valence-electron chi connectivity index (χ2n) is 3.43. The van der Waals surface area contributed by atoms with E-state index >= 15 is 0 Å². The Morgan fingerprint density at radius 1 is 1.53 bits per heavy atom. The van der Waals surface area contributed by atoms with Crippen molar-refractivity contribution in [3.05, 3.63) is 33.4 Å². The normalized spacial score (nSPS) is 12.3. The zero-order valence-corrected chi connectivity index (χ0v) is 10.9. The van der Waals surface area contributed by atoms with Crippen LogP contribution in [-0.4, -0.2) is 35.6 Å². The van der Waals surface area contributed by atoms with Gasteiger partial charge in [0.25, 0.3) is 5.91 Å². The van der Waals surface area contributed by atoms with Crippen LogP contribution in [0.4, 0.5) is 0 Å². The highest BCUT2D eigenvalue weighted by atomic mass is 127.